The molecule has 0 fully saturated rings. The lowest BCUT2D eigenvalue weighted by atomic mass is 11.0. The molecule has 0 rings (SSSR count). The quantitative estimate of drug-likeness (QED) is 0.462. The zero-order valence-corrected chi connectivity index (χ0v) is 7.67. The van der Waals surface area contributed by atoms with Gasteiger partial charge in [-0.15, -0.1) is 0 Å². The summed E-state index contributed by atoms with van der Waals surface area (Å²) in [6.07, 6.45) is 0. The lowest BCUT2D eigenvalue weighted by Crippen LogP contribution is -2.23. The van der Waals surface area contributed by atoms with Crippen LogP contribution in [0, 0.1) is 0 Å². The van der Waals surface area contributed by atoms with Gasteiger partial charge < -0.3 is 0 Å². The van der Waals surface area contributed by atoms with E-state index in [4.69, 9.17) is 0 Å². The summed E-state index contributed by atoms with van der Waals surface area (Å²) < 4.78 is 1.95. The first-order valence-electron chi connectivity index (χ1n) is 3.03. The van der Waals surface area contributed by atoms with Crippen LogP contribution in [0.3, 0.4) is 0 Å². The van der Waals surface area contributed by atoms with Crippen LogP contribution in [0.4, 0.5) is 0 Å². The van der Waals surface area contributed by atoms with Crippen molar-refractivity contribution < 1.29 is 0 Å². The SMILES string of the molecule is CC.CNNSN(C)C. The standard InChI is InChI=1S/C3H11N3S.C2H6/c1-4-5-7-6(2)3;1-2/h4-5H,1-3H3;1-2H3. The van der Waals surface area contributed by atoms with Gasteiger partial charge >= 0.3 is 0 Å². The monoisotopic (exact) mass is 151 g/mol. The van der Waals surface area contributed by atoms with Crippen LogP contribution in [-0.4, -0.2) is 25.4 Å². The summed E-state index contributed by atoms with van der Waals surface area (Å²) in [6.45, 7) is 4.00. The molecule has 4 heteroatoms. The first-order chi connectivity index (χ1) is 4.27. The Bertz CT molecular complexity index is 41.2. The summed E-state index contributed by atoms with van der Waals surface area (Å²) in [5, 5.41) is 0. The highest BCUT2D eigenvalue weighted by molar-refractivity contribution is 7.94. The molecule has 0 atom stereocenters. The van der Waals surface area contributed by atoms with Crippen LogP contribution < -0.4 is 10.3 Å². The second kappa shape index (κ2) is 11.1. The fourth-order valence-electron chi connectivity index (χ4n) is 0.137. The van der Waals surface area contributed by atoms with E-state index < -0.39 is 0 Å². The summed E-state index contributed by atoms with van der Waals surface area (Å²) >= 11 is 1.50. The third-order valence-electron chi connectivity index (χ3n) is 0.330. The molecule has 0 aliphatic carbocycles. The molecule has 0 spiro atoms. The Morgan fingerprint density at radius 2 is 1.67 bits per heavy atom. The summed E-state index contributed by atoms with van der Waals surface area (Å²) in [4.78, 5) is 2.84. The summed E-state index contributed by atoms with van der Waals surface area (Å²) in [7, 11) is 5.76. The van der Waals surface area contributed by atoms with Gasteiger partial charge in [0.05, 0.1) is 0 Å². The van der Waals surface area contributed by atoms with Gasteiger partial charge in [-0.2, -0.15) is 4.83 Å². The highest BCUT2D eigenvalue weighted by Crippen LogP contribution is 1.90. The number of hydrogen-bond acceptors (Lipinski definition) is 4. The van der Waals surface area contributed by atoms with Crippen molar-refractivity contribution in [3.8, 4) is 0 Å². The van der Waals surface area contributed by atoms with E-state index in [1.165, 1.54) is 12.1 Å². The maximum absolute atomic E-state index is 2.84. The van der Waals surface area contributed by atoms with Crippen molar-refractivity contribution in [3.63, 3.8) is 0 Å². The van der Waals surface area contributed by atoms with Gasteiger partial charge in [0.1, 0.15) is 0 Å². The predicted octanol–water partition coefficient (Wildman–Crippen LogP) is 0.861. The van der Waals surface area contributed by atoms with Crippen LogP contribution in [0.2, 0.25) is 0 Å². The minimum Gasteiger partial charge on any atom is -0.250 e. The van der Waals surface area contributed by atoms with Gasteiger partial charge in [0.2, 0.25) is 0 Å². The molecular formula is C5H17N3S. The van der Waals surface area contributed by atoms with Crippen molar-refractivity contribution in [1.29, 1.82) is 0 Å². The van der Waals surface area contributed by atoms with Crippen molar-refractivity contribution in [1.82, 2.24) is 14.6 Å². The van der Waals surface area contributed by atoms with Gasteiger partial charge in [0.15, 0.2) is 0 Å². The van der Waals surface area contributed by atoms with E-state index >= 15 is 0 Å². The average molecular weight is 151 g/mol. The van der Waals surface area contributed by atoms with Gasteiger partial charge in [0.25, 0.3) is 0 Å². The van der Waals surface area contributed by atoms with Crippen molar-refractivity contribution in [2.24, 2.45) is 0 Å². The highest BCUT2D eigenvalue weighted by atomic mass is 32.2. The van der Waals surface area contributed by atoms with E-state index in [0.29, 0.717) is 0 Å². The summed E-state index contributed by atoms with van der Waals surface area (Å²) in [5.41, 5.74) is 2.77. The van der Waals surface area contributed by atoms with Crippen molar-refractivity contribution in [3.05, 3.63) is 0 Å². The number of rotatable bonds is 3. The molecule has 2 N–H and O–H groups in total. The molecule has 0 radical (unpaired) electrons. The molecule has 0 aromatic carbocycles. The van der Waals surface area contributed by atoms with Crippen LogP contribution in [0.5, 0.6) is 0 Å². The maximum atomic E-state index is 2.84. The van der Waals surface area contributed by atoms with Gasteiger partial charge in [-0.05, 0) is 21.1 Å². The molecule has 0 heterocycles. The Balaban J connectivity index is 0. The number of nitrogens with zero attached hydrogens (tertiary/aromatic N) is 1. The fourth-order valence-corrected chi connectivity index (χ4v) is 0.411. The van der Waals surface area contributed by atoms with E-state index in [-0.39, 0.29) is 0 Å². The summed E-state index contributed by atoms with van der Waals surface area (Å²) in [5.74, 6) is 0. The molecule has 0 unspecified atom stereocenters. The molecule has 0 aromatic heterocycles. The van der Waals surface area contributed by atoms with E-state index in [1.54, 1.807) is 0 Å². The molecule has 3 nitrogen and oxygen atoms in total. The largest absolute Gasteiger partial charge is 0.250 e. The van der Waals surface area contributed by atoms with E-state index in [2.05, 4.69) is 10.3 Å². The zero-order valence-electron chi connectivity index (χ0n) is 6.86. The van der Waals surface area contributed by atoms with Crippen molar-refractivity contribution in [2.45, 2.75) is 13.8 Å². The Morgan fingerprint density at radius 3 is 1.78 bits per heavy atom. The smallest absolute Gasteiger partial charge is 0.0208 e. The van der Waals surface area contributed by atoms with Gasteiger partial charge in [-0.25, -0.2) is 4.31 Å². The minimum atomic E-state index is 1.50. The molecule has 0 saturated heterocycles. The number of hydrogen-bond donors (Lipinski definition) is 2. The Labute approximate surface area is 62.4 Å². The second-order valence-corrected chi connectivity index (χ2v) is 2.37. The Hall–Kier alpha value is 0.230. The fraction of sp³-hybridized carbons (Fsp3) is 1.00. The first-order valence-corrected chi connectivity index (χ1v) is 3.80. The van der Waals surface area contributed by atoms with Crippen LogP contribution in [-0.2, 0) is 0 Å². The first kappa shape index (κ1) is 12.0. The topological polar surface area (TPSA) is 27.3 Å². The molecule has 0 aromatic rings. The number of nitrogens with one attached hydrogen (secondary N) is 2. The Kier molecular flexibility index (Phi) is 14.7. The molecule has 0 bridgehead atoms. The Morgan fingerprint density at radius 1 is 1.22 bits per heavy atom. The number of hydrazine groups is 1. The van der Waals surface area contributed by atoms with Crippen molar-refractivity contribution in [2.75, 3.05) is 21.1 Å². The highest BCUT2D eigenvalue weighted by Gasteiger charge is 1.82. The minimum absolute atomic E-state index is 1.50. The normalized spacial score (nSPS) is 8.67. The third kappa shape index (κ3) is 17.9. The van der Waals surface area contributed by atoms with E-state index in [9.17, 15) is 0 Å². The van der Waals surface area contributed by atoms with Crippen LogP contribution in [0.25, 0.3) is 0 Å². The molecule has 0 aliphatic heterocycles. The van der Waals surface area contributed by atoms with E-state index in [1.807, 2.05) is 39.3 Å². The van der Waals surface area contributed by atoms with Gasteiger partial charge in [-0.1, -0.05) is 13.8 Å². The van der Waals surface area contributed by atoms with E-state index in [0.717, 1.165) is 0 Å². The zero-order chi connectivity index (χ0) is 7.70. The predicted molar refractivity (Wildman–Crippen MR) is 44.8 cm³/mol. The van der Waals surface area contributed by atoms with Crippen LogP contribution in [0.15, 0.2) is 0 Å². The maximum Gasteiger partial charge on any atom is 0.0208 e. The van der Waals surface area contributed by atoms with Gasteiger partial charge in [-0.3, -0.25) is 5.43 Å². The lowest BCUT2D eigenvalue weighted by Gasteiger charge is -2.06. The molecule has 9 heavy (non-hydrogen) atoms. The second-order valence-electron chi connectivity index (χ2n) is 1.26. The molecule has 0 aliphatic rings. The van der Waals surface area contributed by atoms with Crippen LogP contribution >= 0.6 is 12.1 Å². The molecule has 0 saturated carbocycles. The lowest BCUT2D eigenvalue weighted by molar-refractivity contribution is 0.676. The van der Waals surface area contributed by atoms with Crippen LogP contribution in [0.1, 0.15) is 13.8 Å². The molecule has 58 valence electrons. The third-order valence-corrected chi connectivity index (χ3v) is 0.991. The average Bonchev–Trinajstić information content (AvgIpc) is 1.88. The van der Waals surface area contributed by atoms with Crippen molar-refractivity contribution >= 4 is 12.1 Å². The van der Waals surface area contributed by atoms with Gasteiger partial charge in [0, 0.05) is 12.1 Å². The molecular weight excluding hydrogens is 134 g/mol. The summed E-state index contributed by atoms with van der Waals surface area (Å²) in [6, 6.07) is 0. The molecule has 0 amide bonds.